The Morgan fingerprint density at radius 1 is 1.31 bits per heavy atom. The normalized spacial score (nSPS) is 20.7. The molecule has 1 aromatic carbocycles. The van der Waals surface area contributed by atoms with Gasteiger partial charge in [-0.3, -0.25) is 0 Å². The quantitative estimate of drug-likeness (QED) is 0.753. The van der Waals surface area contributed by atoms with Crippen molar-refractivity contribution in [2.24, 2.45) is 5.73 Å². The van der Waals surface area contributed by atoms with Crippen molar-refractivity contribution in [2.75, 3.05) is 0 Å². The molecule has 1 unspecified atom stereocenters. The van der Waals surface area contributed by atoms with Gasteiger partial charge in [-0.2, -0.15) is 0 Å². The van der Waals surface area contributed by atoms with Crippen LogP contribution < -0.4 is 5.73 Å². The Balaban J connectivity index is 2.12. The van der Waals surface area contributed by atoms with Crippen LogP contribution in [-0.2, 0) is 6.42 Å². The zero-order valence-electron chi connectivity index (χ0n) is 10.3. The number of hydrogen-bond acceptors (Lipinski definition) is 1. The van der Waals surface area contributed by atoms with Gasteiger partial charge in [-0.05, 0) is 50.7 Å². The molecule has 2 rings (SSSR count). The molecular formula is C15H21N. The monoisotopic (exact) mass is 215 g/mol. The van der Waals surface area contributed by atoms with Gasteiger partial charge in [0, 0.05) is 6.04 Å². The minimum atomic E-state index is 0.391. The van der Waals surface area contributed by atoms with E-state index in [9.17, 15) is 0 Å². The summed E-state index contributed by atoms with van der Waals surface area (Å²) < 4.78 is 0. The molecule has 0 saturated carbocycles. The molecule has 1 atom stereocenters. The lowest BCUT2D eigenvalue weighted by Crippen LogP contribution is -2.22. The minimum Gasteiger partial charge on any atom is -0.327 e. The van der Waals surface area contributed by atoms with Gasteiger partial charge in [0.15, 0.2) is 0 Å². The number of allylic oxidation sites excluding steroid dienone is 1. The van der Waals surface area contributed by atoms with E-state index in [2.05, 4.69) is 38.1 Å². The third-order valence-corrected chi connectivity index (χ3v) is 3.47. The smallest absolute Gasteiger partial charge is 0.00765 e. The van der Waals surface area contributed by atoms with Crippen LogP contribution in [0.1, 0.15) is 36.0 Å². The van der Waals surface area contributed by atoms with Crippen LogP contribution >= 0.6 is 0 Å². The van der Waals surface area contributed by atoms with Gasteiger partial charge in [-0.1, -0.05) is 35.4 Å². The third-order valence-electron chi connectivity index (χ3n) is 3.47. The number of aryl methyl sites for hydroxylation is 2. The molecule has 1 aliphatic carbocycles. The van der Waals surface area contributed by atoms with E-state index in [0.717, 1.165) is 19.3 Å². The molecule has 0 radical (unpaired) electrons. The van der Waals surface area contributed by atoms with E-state index in [-0.39, 0.29) is 0 Å². The van der Waals surface area contributed by atoms with Gasteiger partial charge in [0.05, 0.1) is 0 Å². The van der Waals surface area contributed by atoms with Crippen molar-refractivity contribution in [3.63, 3.8) is 0 Å². The van der Waals surface area contributed by atoms with E-state index in [1.807, 2.05) is 0 Å². The Kier molecular flexibility index (Phi) is 3.45. The van der Waals surface area contributed by atoms with Gasteiger partial charge in [0.25, 0.3) is 0 Å². The lowest BCUT2D eigenvalue weighted by molar-refractivity contribution is 0.583. The highest BCUT2D eigenvalue weighted by Gasteiger charge is 2.11. The van der Waals surface area contributed by atoms with Crippen LogP contribution in [0, 0.1) is 13.8 Å². The molecule has 1 aromatic rings. The molecule has 0 heterocycles. The zero-order chi connectivity index (χ0) is 11.5. The number of rotatable bonds is 2. The minimum absolute atomic E-state index is 0.391. The molecule has 0 spiro atoms. The highest BCUT2D eigenvalue weighted by atomic mass is 14.6. The standard InChI is InChI=1S/C15H21N/c1-11-3-4-12(2)14(9-11)10-13-5-7-15(16)8-6-13/h3-5,9,15H,6-8,10,16H2,1-2H3. The van der Waals surface area contributed by atoms with Gasteiger partial charge in [-0.25, -0.2) is 0 Å². The Morgan fingerprint density at radius 2 is 2.12 bits per heavy atom. The molecule has 86 valence electrons. The van der Waals surface area contributed by atoms with E-state index in [0.29, 0.717) is 6.04 Å². The largest absolute Gasteiger partial charge is 0.327 e. The first-order valence-electron chi connectivity index (χ1n) is 6.15. The summed E-state index contributed by atoms with van der Waals surface area (Å²) in [7, 11) is 0. The van der Waals surface area contributed by atoms with Crippen molar-refractivity contribution in [3.05, 3.63) is 46.5 Å². The second-order valence-electron chi connectivity index (χ2n) is 5.00. The predicted octanol–water partition coefficient (Wildman–Crippen LogP) is 3.28. The van der Waals surface area contributed by atoms with Crippen molar-refractivity contribution in [2.45, 2.75) is 45.6 Å². The maximum Gasteiger partial charge on any atom is 0.00765 e. The van der Waals surface area contributed by atoms with E-state index in [4.69, 9.17) is 5.73 Å². The summed E-state index contributed by atoms with van der Waals surface area (Å²) in [4.78, 5) is 0. The van der Waals surface area contributed by atoms with Crippen LogP contribution in [0.25, 0.3) is 0 Å². The zero-order valence-corrected chi connectivity index (χ0v) is 10.3. The summed E-state index contributed by atoms with van der Waals surface area (Å²) in [5.74, 6) is 0. The van der Waals surface area contributed by atoms with Crippen molar-refractivity contribution < 1.29 is 0 Å². The number of nitrogens with two attached hydrogens (primary N) is 1. The maximum absolute atomic E-state index is 5.90. The Hall–Kier alpha value is -1.08. The van der Waals surface area contributed by atoms with E-state index >= 15 is 0 Å². The topological polar surface area (TPSA) is 26.0 Å². The SMILES string of the molecule is Cc1ccc(C)c(CC2=CCC(N)CC2)c1. The molecule has 2 N–H and O–H groups in total. The summed E-state index contributed by atoms with van der Waals surface area (Å²) in [6.45, 7) is 4.36. The second kappa shape index (κ2) is 4.84. The van der Waals surface area contributed by atoms with Crippen LogP contribution in [0.5, 0.6) is 0 Å². The number of benzene rings is 1. The molecule has 0 fully saturated rings. The molecule has 0 amide bonds. The first-order chi connectivity index (χ1) is 7.65. The van der Waals surface area contributed by atoms with Gasteiger partial charge in [-0.15, -0.1) is 0 Å². The molecular weight excluding hydrogens is 194 g/mol. The summed E-state index contributed by atoms with van der Waals surface area (Å²) >= 11 is 0. The second-order valence-corrected chi connectivity index (χ2v) is 5.00. The highest BCUT2D eigenvalue weighted by molar-refractivity contribution is 5.34. The molecule has 16 heavy (non-hydrogen) atoms. The lowest BCUT2D eigenvalue weighted by atomic mass is 9.90. The van der Waals surface area contributed by atoms with Crippen LogP contribution in [-0.4, -0.2) is 6.04 Å². The summed E-state index contributed by atoms with van der Waals surface area (Å²) in [6, 6.07) is 7.11. The van der Waals surface area contributed by atoms with Crippen LogP contribution in [0.15, 0.2) is 29.8 Å². The Morgan fingerprint density at radius 3 is 2.81 bits per heavy atom. The Labute approximate surface area is 98.4 Å². The predicted molar refractivity (Wildman–Crippen MR) is 69.5 cm³/mol. The van der Waals surface area contributed by atoms with Crippen LogP contribution in [0.4, 0.5) is 0 Å². The van der Waals surface area contributed by atoms with Gasteiger partial charge >= 0.3 is 0 Å². The molecule has 1 nitrogen and oxygen atoms in total. The van der Waals surface area contributed by atoms with E-state index < -0.39 is 0 Å². The van der Waals surface area contributed by atoms with Gasteiger partial charge in [0.1, 0.15) is 0 Å². The molecule has 1 heteroatoms. The first kappa shape index (κ1) is 11.4. The summed E-state index contributed by atoms with van der Waals surface area (Å²) in [6.07, 6.45) is 6.83. The fraction of sp³-hybridized carbons (Fsp3) is 0.467. The number of hydrogen-bond donors (Lipinski definition) is 1. The molecule has 1 aliphatic rings. The van der Waals surface area contributed by atoms with Crippen LogP contribution in [0.2, 0.25) is 0 Å². The Bertz CT molecular complexity index is 404. The highest BCUT2D eigenvalue weighted by Crippen LogP contribution is 2.22. The van der Waals surface area contributed by atoms with E-state index in [1.54, 1.807) is 5.57 Å². The van der Waals surface area contributed by atoms with Gasteiger partial charge in [0.2, 0.25) is 0 Å². The average molecular weight is 215 g/mol. The van der Waals surface area contributed by atoms with Crippen molar-refractivity contribution in [1.82, 2.24) is 0 Å². The first-order valence-corrected chi connectivity index (χ1v) is 6.15. The van der Waals surface area contributed by atoms with Gasteiger partial charge < -0.3 is 5.73 Å². The average Bonchev–Trinajstić information content (AvgIpc) is 2.27. The summed E-state index contributed by atoms with van der Waals surface area (Å²) in [5, 5.41) is 0. The van der Waals surface area contributed by atoms with E-state index in [1.165, 1.54) is 23.1 Å². The third kappa shape index (κ3) is 2.73. The molecule has 0 saturated heterocycles. The maximum atomic E-state index is 5.90. The molecule has 0 bridgehead atoms. The fourth-order valence-electron chi connectivity index (χ4n) is 2.30. The van der Waals surface area contributed by atoms with Crippen molar-refractivity contribution >= 4 is 0 Å². The molecule has 0 aliphatic heterocycles. The fourth-order valence-corrected chi connectivity index (χ4v) is 2.30. The van der Waals surface area contributed by atoms with Crippen molar-refractivity contribution in [3.8, 4) is 0 Å². The van der Waals surface area contributed by atoms with Crippen molar-refractivity contribution in [1.29, 1.82) is 0 Å². The lowest BCUT2D eigenvalue weighted by Gasteiger charge is -2.19. The summed E-state index contributed by atoms with van der Waals surface area (Å²) in [5.41, 5.74) is 11.7. The molecule has 0 aromatic heterocycles. The van der Waals surface area contributed by atoms with Crippen LogP contribution in [0.3, 0.4) is 0 Å².